The molecule has 0 aliphatic carbocycles. The highest BCUT2D eigenvalue weighted by molar-refractivity contribution is 7.11. The van der Waals surface area contributed by atoms with E-state index in [2.05, 4.69) is 0 Å². The van der Waals surface area contributed by atoms with Gasteiger partial charge in [-0.2, -0.15) is 13.2 Å². The van der Waals surface area contributed by atoms with Gasteiger partial charge >= 0.3 is 6.18 Å². The van der Waals surface area contributed by atoms with E-state index < -0.39 is 11.7 Å². The van der Waals surface area contributed by atoms with Crippen molar-refractivity contribution < 1.29 is 13.2 Å². The SMILES string of the molecule is Cc1csc(C(C)c2cc(C(F)(F)F)cs2)c1. The molecule has 2 aromatic rings. The van der Waals surface area contributed by atoms with Crippen LogP contribution in [-0.2, 0) is 6.18 Å². The standard InChI is InChI=1S/C12H11F3S2/c1-7-3-10(16-5-7)8(2)11-4-9(6-17-11)12(13,14)15/h3-6,8H,1-2H3. The van der Waals surface area contributed by atoms with E-state index in [9.17, 15) is 13.2 Å². The average molecular weight is 276 g/mol. The molecule has 0 aliphatic heterocycles. The van der Waals surface area contributed by atoms with E-state index in [0.29, 0.717) is 0 Å². The van der Waals surface area contributed by atoms with Crippen LogP contribution in [0.1, 0.15) is 33.7 Å². The summed E-state index contributed by atoms with van der Waals surface area (Å²) in [5, 5.41) is 3.20. The van der Waals surface area contributed by atoms with Crippen molar-refractivity contribution in [3.05, 3.63) is 43.8 Å². The molecule has 17 heavy (non-hydrogen) atoms. The molecular formula is C12H11F3S2. The summed E-state index contributed by atoms with van der Waals surface area (Å²) in [7, 11) is 0. The average Bonchev–Trinajstić information content (AvgIpc) is 2.83. The summed E-state index contributed by atoms with van der Waals surface area (Å²) >= 11 is 2.77. The molecule has 0 bridgehead atoms. The number of aryl methyl sites for hydroxylation is 1. The molecule has 0 aromatic carbocycles. The molecule has 0 saturated carbocycles. The number of alkyl halides is 3. The van der Waals surface area contributed by atoms with Crippen LogP contribution in [0.5, 0.6) is 0 Å². The lowest BCUT2D eigenvalue weighted by Gasteiger charge is -2.06. The minimum absolute atomic E-state index is 0.0369. The maximum Gasteiger partial charge on any atom is 0.417 e. The molecule has 0 amide bonds. The van der Waals surface area contributed by atoms with E-state index in [4.69, 9.17) is 0 Å². The highest BCUT2D eigenvalue weighted by Gasteiger charge is 2.32. The summed E-state index contributed by atoms with van der Waals surface area (Å²) in [6.45, 7) is 3.93. The molecule has 5 heteroatoms. The predicted octanol–water partition coefficient (Wildman–Crippen LogP) is 5.29. The zero-order chi connectivity index (χ0) is 12.6. The van der Waals surface area contributed by atoms with Crippen LogP contribution >= 0.6 is 22.7 Å². The summed E-state index contributed by atoms with van der Waals surface area (Å²) in [5.41, 5.74) is 0.613. The van der Waals surface area contributed by atoms with E-state index in [0.717, 1.165) is 15.3 Å². The third-order valence-electron chi connectivity index (χ3n) is 2.55. The summed E-state index contributed by atoms with van der Waals surface area (Å²) in [6.07, 6.45) is -4.24. The van der Waals surface area contributed by atoms with E-state index in [-0.39, 0.29) is 5.92 Å². The second-order valence-corrected chi connectivity index (χ2v) is 5.87. The molecular weight excluding hydrogens is 265 g/mol. The van der Waals surface area contributed by atoms with Crippen LogP contribution in [0.4, 0.5) is 13.2 Å². The van der Waals surface area contributed by atoms with Gasteiger partial charge in [0.15, 0.2) is 0 Å². The maximum atomic E-state index is 12.5. The number of halogens is 3. The van der Waals surface area contributed by atoms with Crippen LogP contribution in [-0.4, -0.2) is 0 Å². The first kappa shape index (κ1) is 12.6. The van der Waals surface area contributed by atoms with Crippen LogP contribution < -0.4 is 0 Å². The minimum Gasteiger partial charge on any atom is -0.166 e. The quantitative estimate of drug-likeness (QED) is 0.699. The molecule has 92 valence electrons. The first-order valence-electron chi connectivity index (χ1n) is 5.08. The molecule has 1 unspecified atom stereocenters. The van der Waals surface area contributed by atoms with Crippen molar-refractivity contribution in [1.82, 2.24) is 0 Å². The van der Waals surface area contributed by atoms with Gasteiger partial charge in [0.05, 0.1) is 5.56 Å². The van der Waals surface area contributed by atoms with Gasteiger partial charge in [0.1, 0.15) is 0 Å². The number of rotatable bonds is 2. The smallest absolute Gasteiger partial charge is 0.166 e. The zero-order valence-corrected chi connectivity index (χ0v) is 11.0. The molecule has 0 radical (unpaired) electrons. The van der Waals surface area contributed by atoms with Gasteiger partial charge in [-0.1, -0.05) is 6.92 Å². The van der Waals surface area contributed by atoms with Crippen molar-refractivity contribution in [2.45, 2.75) is 25.9 Å². The Labute approximate surface area is 106 Å². The van der Waals surface area contributed by atoms with Gasteiger partial charge < -0.3 is 0 Å². The Balaban J connectivity index is 2.26. The van der Waals surface area contributed by atoms with E-state index in [1.54, 1.807) is 11.3 Å². The van der Waals surface area contributed by atoms with Crippen LogP contribution in [0, 0.1) is 6.92 Å². The van der Waals surface area contributed by atoms with Crippen molar-refractivity contribution in [3.8, 4) is 0 Å². The molecule has 0 saturated heterocycles. The molecule has 2 heterocycles. The summed E-state index contributed by atoms with van der Waals surface area (Å²) in [6, 6.07) is 3.28. The Kier molecular flexibility index (Phi) is 3.32. The summed E-state index contributed by atoms with van der Waals surface area (Å²) < 4.78 is 37.4. The van der Waals surface area contributed by atoms with Crippen molar-refractivity contribution >= 4 is 22.7 Å². The van der Waals surface area contributed by atoms with Gasteiger partial charge in [-0.05, 0) is 30.0 Å². The number of hydrogen-bond donors (Lipinski definition) is 0. The fourth-order valence-corrected chi connectivity index (χ4v) is 3.59. The van der Waals surface area contributed by atoms with Crippen molar-refractivity contribution in [2.24, 2.45) is 0 Å². The maximum absolute atomic E-state index is 12.5. The topological polar surface area (TPSA) is 0 Å². The molecule has 0 spiro atoms. The van der Waals surface area contributed by atoms with Crippen LogP contribution in [0.15, 0.2) is 22.9 Å². The normalized spacial score (nSPS) is 13.9. The fraction of sp³-hybridized carbons (Fsp3) is 0.333. The van der Waals surface area contributed by atoms with Crippen molar-refractivity contribution in [1.29, 1.82) is 0 Å². The Bertz CT molecular complexity index is 508. The number of hydrogen-bond acceptors (Lipinski definition) is 2. The van der Waals surface area contributed by atoms with E-state index in [1.807, 2.05) is 25.3 Å². The first-order valence-corrected chi connectivity index (χ1v) is 6.84. The van der Waals surface area contributed by atoms with E-state index in [1.165, 1.54) is 22.8 Å². The van der Waals surface area contributed by atoms with Crippen molar-refractivity contribution in [3.63, 3.8) is 0 Å². The van der Waals surface area contributed by atoms with Gasteiger partial charge in [-0.25, -0.2) is 0 Å². The lowest BCUT2D eigenvalue weighted by atomic mass is 10.1. The van der Waals surface area contributed by atoms with Gasteiger partial charge in [0.25, 0.3) is 0 Å². The largest absolute Gasteiger partial charge is 0.417 e. The van der Waals surface area contributed by atoms with Gasteiger partial charge in [0, 0.05) is 21.1 Å². The number of thiophene rings is 2. The zero-order valence-electron chi connectivity index (χ0n) is 9.34. The Morgan fingerprint density at radius 2 is 1.65 bits per heavy atom. The molecule has 1 atom stereocenters. The molecule has 0 fully saturated rings. The fourth-order valence-electron chi connectivity index (χ4n) is 1.55. The van der Waals surface area contributed by atoms with Gasteiger partial charge in [-0.15, -0.1) is 22.7 Å². The molecule has 0 aliphatic rings. The van der Waals surface area contributed by atoms with Crippen LogP contribution in [0.2, 0.25) is 0 Å². The van der Waals surface area contributed by atoms with Gasteiger partial charge in [-0.3, -0.25) is 0 Å². The Morgan fingerprint density at radius 1 is 1.06 bits per heavy atom. The molecule has 0 nitrogen and oxygen atoms in total. The minimum atomic E-state index is -4.24. The highest BCUT2D eigenvalue weighted by atomic mass is 32.1. The summed E-state index contributed by atoms with van der Waals surface area (Å²) in [4.78, 5) is 1.87. The molecule has 2 aromatic heterocycles. The Hall–Kier alpha value is -0.810. The summed E-state index contributed by atoms with van der Waals surface area (Å²) in [5.74, 6) is 0.0369. The third-order valence-corrected chi connectivity index (χ3v) is 4.90. The van der Waals surface area contributed by atoms with Gasteiger partial charge in [0.2, 0.25) is 0 Å². The van der Waals surface area contributed by atoms with Crippen LogP contribution in [0.3, 0.4) is 0 Å². The first-order chi connectivity index (χ1) is 7.88. The molecule has 0 N–H and O–H groups in total. The lowest BCUT2D eigenvalue weighted by Crippen LogP contribution is -2.02. The van der Waals surface area contributed by atoms with Crippen molar-refractivity contribution in [2.75, 3.05) is 0 Å². The predicted molar refractivity (Wildman–Crippen MR) is 65.9 cm³/mol. The Morgan fingerprint density at radius 3 is 2.12 bits per heavy atom. The van der Waals surface area contributed by atoms with E-state index >= 15 is 0 Å². The highest BCUT2D eigenvalue weighted by Crippen LogP contribution is 2.38. The third kappa shape index (κ3) is 2.72. The molecule has 2 rings (SSSR count). The van der Waals surface area contributed by atoms with Crippen LogP contribution in [0.25, 0.3) is 0 Å². The second kappa shape index (κ2) is 4.46. The lowest BCUT2D eigenvalue weighted by molar-refractivity contribution is -0.137. The second-order valence-electron chi connectivity index (χ2n) is 3.98. The monoisotopic (exact) mass is 276 g/mol.